The normalized spacial score (nSPS) is 17.2. The Morgan fingerprint density at radius 1 is 1.38 bits per heavy atom. The number of hydrogen-bond acceptors (Lipinski definition) is 1. The molecule has 0 amide bonds. The summed E-state index contributed by atoms with van der Waals surface area (Å²) < 4.78 is 12.7. The highest BCUT2D eigenvalue weighted by atomic mass is 35.5. The van der Waals surface area contributed by atoms with Gasteiger partial charge in [0.25, 0.3) is 0 Å². The summed E-state index contributed by atoms with van der Waals surface area (Å²) in [5.41, 5.74) is 2.12. The second kappa shape index (κ2) is 4.28. The third-order valence-corrected chi connectivity index (χ3v) is 1.94. The van der Waals surface area contributed by atoms with E-state index in [4.69, 9.17) is 0 Å². The molecule has 1 aromatic carbocycles. The van der Waals surface area contributed by atoms with Crippen molar-refractivity contribution in [1.29, 1.82) is 0 Å². The first-order valence-electron chi connectivity index (χ1n) is 4.04. The molecule has 13 heavy (non-hydrogen) atoms. The van der Waals surface area contributed by atoms with E-state index in [1.54, 1.807) is 6.07 Å². The van der Waals surface area contributed by atoms with Crippen LogP contribution in [0.1, 0.15) is 12.0 Å². The van der Waals surface area contributed by atoms with Crippen LogP contribution in [0.2, 0.25) is 0 Å². The lowest BCUT2D eigenvalue weighted by atomic mass is 10.1. The Kier molecular flexibility index (Phi) is 3.32. The summed E-state index contributed by atoms with van der Waals surface area (Å²) in [6.07, 6.45) is 3.06. The van der Waals surface area contributed by atoms with E-state index >= 15 is 0 Å². The Bertz CT molecular complexity index is 316. The van der Waals surface area contributed by atoms with E-state index in [0.717, 1.165) is 18.5 Å². The Balaban J connectivity index is 0.000000845. The lowest BCUT2D eigenvalue weighted by Gasteiger charge is -2.19. The highest BCUT2D eigenvalue weighted by Crippen LogP contribution is 2.13. The molecule has 1 aliphatic heterocycles. The van der Waals surface area contributed by atoms with Crippen molar-refractivity contribution in [1.82, 2.24) is 5.32 Å². The molecule has 1 fully saturated rings. The van der Waals surface area contributed by atoms with Crippen LogP contribution in [0.15, 0.2) is 30.0 Å². The van der Waals surface area contributed by atoms with Crippen LogP contribution in [0.4, 0.5) is 4.39 Å². The zero-order chi connectivity index (χ0) is 8.39. The average molecular weight is 200 g/mol. The summed E-state index contributed by atoms with van der Waals surface area (Å²) in [6, 6.07) is 6.61. The number of halogens is 2. The van der Waals surface area contributed by atoms with Gasteiger partial charge < -0.3 is 5.32 Å². The minimum Gasteiger partial charge on any atom is -0.388 e. The molecule has 0 saturated carbocycles. The Morgan fingerprint density at radius 3 is 2.69 bits per heavy atom. The van der Waals surface area contributed by atoms with Gasteiger partial charge in [-0.15, -0.1) is 12.4 Å². The second-order valence-electron chi connectivity index (χ2n) is 2.90. The van der Waals surface area contributed by atoms with Crippen molar-refractivity contribution < 1.29 is 4.39 Å². The predicted octanol–water partition coefficient (Wildman–Crippen LogP) is 2.58. The predicted molar refractivity (Wildman–Crippen MR) is 54.2 cm³/mol. The van der Waals surface area contributed by atoms with Gasteiger partial charge in [-0.1, -0.05) is 12.1 Å². The highest BCUT2D eigenvalue weighted by Gasteiger charge is 2.05. The summed E-state index contributed by atoms with van der Waals surface area (Å²) >= 11 is 0. The molecule has 0 bridgehead atoms. The number of nitrogens with one attached hydrogen (secondary N) is 1. The molecule has 3 heteroatoms. The van der Waals surface area contributed by atoms with Gasteiger partial charge >= 0.3 is 0 Å². The first kappa shape index (κ1) is 10.1. The third-order valence-electron chi connectivity index (χ3n) is 1.94. The molecule has 1 N–H and O–H groups in total. The van der Waals surface area contributed by atoms with Gasteiger partial charge in [-0.25, -0.2) is 4.39 Å². The summed E-state index contributed by atoms with van der Waals surface area (Å²) in [4.78, 5) is 0. The molecule has 2 rings (SSSR count). The van der Waals surface area contributed by atoms with Gasteiger partial charge in [-0.05, 0) is 23.8 Å². The third kappa shape index (κ3) is 2.46. The van der Waals surface area contributed by atoms with Crippen molar-refractivity contribution >= 4 is 18.5 Å². The van der Waals surface area contributed by atoms with Crippen LogP contribution in [-0.2, 0) is 0 Å². The fourth-order valence-corrected chi connectivity index (χ4v) is 1.19. The van der Waals surface area contributed by atoms with Crippen LogP contribution in [0, 0.1) is 5.82 Å². The maximum atomic E-state index is 12.7. The second-order valence-corrected chi connectivity index (χ2v) is 2.90. The van der Waals surface area contributed by atoms with Crippen LogP contribution in [-0.4, -0.2) is 6.54 Å². The molecule has 0 aromatic heterocycles. The maximum absolute atomic E-state index is 12.7. The van der Waals surface area contributed by atoms with E-state index in [-0.39, 0.29) is 18.2 Å². The quantitative estimate of drug-likeness (QED) is 0.733. The van der Waals surface area contributed by atoms with E-state index < -0.39 is 0 Å². The molecule has 70 valence electrons. The Hall–Kier alpha value is -1.02. The molecule has 1 heterocycles. The van der Waals surface area contributed by atoms with Gasteiger partial charge in [-0.2, -0.15) is 0 Å². The topological polar surface area (TPSA) is 12.0 Å². The minimum absolute atomic E-state index is 0. The molecule has 1 nitrogen and oxygen atoms in total. The standard InChI is InChI=1S/C10H10FN.ClH/c11-9-3-1-2-8(6-9)7-10-4-5-12-10;/h1-3,6-7,12H,4-5H2;1H. The molecule has 0 spiro atoms. The smallest absolute Gasteiger partial charge is 0.123 e. The first-order valence-corrected chi connectivity index (χ1v) is 4.04. The van der Waals surface area contributed by atoms with Crippen molar-refractivity contribution in [3.05, 3.63) is 41.3 Å². The Labute approximate surface area is 83.1 Å². The van der Waals surface area contributed by atoms with Gasteiger partial charge in [0, 0.05) is 18.7 Å². The minimum atomic E-state index is -0.177. The number of benzene rings is 1. The van der Waals surface area contributed by atoms with Crippen LogP contribution in [0.3, 0.4) is 0 Å². The van der Waals surface area contributed by atoms with Gasteiger partial charge in [0.1, 0.15) is 5.82 Å². The first-order chi connectivity index (χ1) is 5.84. The van der Waals surface area contributed by atoms with Crippen molar-refractivity contribution in [2.45, 2.75) is 6.42 Å². The molecule has 0 atom stereocenters. The van der Waals surface area contributed by atoms with Gasteiger partial charge in [0.05, 0.1) is 0 Å². The van der Waals surface area contributed by atoms with Crippen molar-refractivity contribution in [3.63, 3.8) is 0 Å². The maximum Gasteiger partial charge on any atom is 0.123 e. The lowest BCUT2D eigenvalue weighted by Crippen LogP contribution is -2.27. The van der Waals surface area contributed by atoms with E-state index in [0.29, 0.717) is 0 Å². The fourth-order valence-electron chi connectivity index (χ4n) is 1.19. The summed E-state index contributed by atoms with van der Waals surface area (Å²) in [7, 11) is 0. The van der Waals surface area contributed by atoms with Crippen LogP contribution in [0.25, 0.3) is 6.08 Å². The van der Waals surface area contributed by atoms with E-state index in [1.807, 2.05) is 12.1 Å². The fraction of sp³-hybridized carbons (Fsp3) is 0.200. The molecule has 1 saturated heterocycles. The van der Waals surface area contributed by atoms with Crippen molar-refractivity contribution in [3.8, 4) is 0 Å². The Morgan fingerprint density at radius 2 is 2.15 bits per heavy atom. The van der Waals surface area contributed by atoms with Gasteiger partial charge in [-0.3, -0.25) is 0 Å². The van der Waals surface area contributed by atoms with E-state index in [9.17, 15) is 4.39 Å². The monoisotopic (exact) mass is 199 g/mol. The SMILES string of the molecule is Cl.Fc1cccc(C=C2CCN2)c1. The average Bonchev–Trinajstić information content (AvgIpc) is 1.97. The zero-order valence-electron chi connectivity index (χ0n) is 7.09. The number of hydrogen-bond donors (Lipinski definition) is 1. The van der Waals surface area contributed by atoms with Crippen molar-refractivity contribution in [2.24, 2.45) is 0 Å². The molecular formula is C10H11ClFN. The van der Waals surface area contributed by atoms with E-state index in [2.05, 4.69) is 5.32 Å². The lowest BCUT2D eigenvalue weighted by molar-refractivity contribution is 0.626. The van der Waals surface area contributed by atoms with Crippen LogP contribution >= 0.6 is 12.4 Å². The van der Waals surface area contributed by atoms with Crippen molar-refractivity contribution in [2.75, 3.05) is 6.54 Å². The summed E-state index contributed by atoms with van der Waals surface area (Å²) in [6.45, 7) is 1.04. The van der Waals surface area contributed by atoms with Crippen LogP contribution < -0.4 is 5.32 Å². The molecule has 1 aliphatic rings. The number of rotatable bonds is 1. The molecule has 0 unspecified atom stereocenters. The largest absolute Gasteiger partial charge is 0.388 e. The molecule has 0 aliphatic carbocycles. The van der Waals surface area contributed by atoms with Gasteiger partial charge in [0.2, 0.25) is 0 Å². The van der Waals surface area contributed by atoms with Gasteiger partial charge in [0.15, 0.2) is 0 Å². The molecule has 0 radical (unpaired) electrons. The van der Waals surface area contributed by atoms with Crippen LogP contribution in [0.5, 0.6) is 0 Å². The summed E-state index contributed by atoms with van der Waals surface area (Å²) in [5.74, 6) is -0.177. The molecule has 1 aromatic rings. The summed E-state index contributed by atoms with van der Waals surface area (Å²) in [5, 5.41) is 3.15. The molecular weight excluding hydrogens is 189 g/mol. The van der Waals surface area contributed by atoms with E-state index in [1.165, 1.54) is 17.8 Å². The zero-order valence-corrected chi connectivity index (χ0v) is 7.90. The highest BCUT2D eigenvalue weighted by molar-refractivity contribution is 5.85.